The number of thioether (sulfide) groups is 2. The van der Waals surface area contributed by atoms with Crippen LogP contribution in [0.15, 0.2) is 46.7 Å². The first kappa shape index (κ1) is 23.9. The number of non-ortho nitro benzene ring substituents is 1. The molecule has 1 aromatic carbocycles. The van der Waals surface area contributed by atoms with Gasteiger partial charge < -0.3 is 14.0 Å². The number of esters is 2. The van der Waals surface area contributed by atoms with E-state index in [0.717, 1.165) is 17.5 Å². The molecule has 4 heterocycles. The Hall–Kier alpha value is -2.84. The molecule has 0 spiro atoms. The van der Waals surface area contributed by atoms with Crippen molar-refractivity contribution < 1.29 is 28.8 Å². The summed E-state index contributed by atoms with van der Waals surface area (Å²) in [5.74, 6) is -0.805. The minimum absolute atomic E-state index is 0.0680. The Morgan fingerprint density at radius 1 is 1.37 bits per heavy atom. The molecule has 5 rings (SSSR count). The number of halogens is 1. The number of carbonyl (C=O) groups is 3. The Kier molecular flexibility index (Phi) is 6.13. The number of aromatic nitrogens is 2. The van der Waals surface area contributed by atoms with E-state index in [1.807, 2.05) is 4.57 Å². The van der Waals surface area contributed by atoms with E-state index in [2.05, 4.69) is 20.9 Å². The Morgan fingerprint density at radius 2 is 2.11 bits per heavy atom. The number of β-lactam (4-membered cyclic amide) rings is 1. The smallest absolute Gasteiger partial charge is 0.355 e. The van der Waals surface area contributed by atoms with E-state index in [1.54, 1.807) is 18.0 Å². The highest BCUT2D eigenvalue weighted by atomic mass is 79.9. The van der Waals surface area contributed by atoms with Gasteiger partial charge >= 0.3 is 11.9 Å². The molecule has 0 bridgehead atoms. The van der Waals surface area contributed by atoms with Crippen molar-refractivity contribution in [3.8, 4) is 0 Å². The van der Waals surface area contributed by atoms with E-state index in [9.17, 15) is 24.5 Å². The van der Waals surface area contributed by atoms with Crippen molar-refractivity contribution >= 4 is 63.0 Å². The number of fused-ring (bicyclic) bond motifs is 2. The van der Waals surface area contributed by atoms with Gasteiger partial charge in [0.05, 0.1) is 4.92 Å². The summed E-state index contributed by atoms with van der Waals surface area (Å²) in [6, 6.07) is 5.63. The van der Waals surface area contributed by atoms with Crippen LogP contribution in [-0.4, -0.2) is 52.7 Å². The van der Waals surface area contributed by atoms with Gasteiger partial charge in [-0.05, 0) is 17.7 Å². The van der Waals surface area contributed by atoms with E-state index in [0.29, 0.717) is 11.3 Å². The number of alkyl halides is 1. The summed E-state index contributed by atoms with van der Waals surface area (Å²) in [5, 5.41) is 12.6. The normalized spacial score (nSPS) is 23.1. The third-order valence-corrected chi connectivity index (χ3v) is 9.35. The molecule has 2 aromatic rings. The fourth-order valence-electron chi connectivity index (χ4n) is 4.01. The lowest BCUT2D eigenvalue weighted by Gasteiger charge is -2.51. The average Bonchev–Trinajstić information content (AvgIpc) is 3.54. The van der Waals surface area contributed by atoms with Crippen LogP contribution in [-0.2, 0) is 37.0 Å². The zero-order valence-electron chi connectivity index (χ0n) is 18.1. The second kappa shape index (κ2) is 8.99. The standard InChI is InChI=1S/C21H17BrN4O7S2/c1-11(27)33-16(14-8-24-6-7-34-20(24)23-14)21(22)18(29)25-15(10-35-19(21)25)17(28)32-9-12-2-4-13(5-3-12)26(30)31/h2-5,8,10,16,19H,6-7,9H2,1H3/t16-,19-,21+/m1/s1. The van der Waals surface area contributed by atoms with E-state index in [1.165, 1.54) is 53.3 Å². The van der Waals surface area contributed by atoms with Gasteiger partial charge in [-0.3, -0.25) is 24.6 Å². The van der Waals surface area contributed by atoms with Crippen molar-refractivity contribution in [3.63, 3.8) is 0 Å². The van der Waals surface area contributed by atoms with Crippen molar-refractivity contribution in [2.24, 2.45) is 0 Å². The molecule has 0 radical (unpaired) electrons. The zero-order chi connectivity index (χ0) is 24.9. The number of aryl methyl sites for hydroxylation is 1. The van der Waals surface area contributed by atoms with E-state index in [4.69, 9.17) is 9.47 Å². The highest BCUT2D eigenvalue weighted by molar-refractivity contribution is 9.10. The van der Waals surface area contributed by atoms with E-state index < -0.39 is 38.6 Å². The van der Waals surface area contributed by atoms with Crippen LogP contribution in [0.1, 0.15) is 24.3 Å². The summed E-state index contributed by atoms with van der Waals surface area (Å²) in [6.07, 6.45) is 0.803. The maximum absolute atomic E-state index is 13.3. The molecule has 35 heavy (non-hydrogen) atoms. The van der Waals surface area contributed by atoms with Gasteiger partial charge in [0.2, 0.25) is 0 Å². The molecule has 182 valence electrons. The van der Waals surface area contributed by atoms with Gasteiger partial charge in [-0.15, -0.1) is 11.8 Å². The minimum Gasteiger partial charge on any atom is -0.456 e. The molecule has 3 aliphatic heterocycles. The Balaban J connectivity index is 1.30. The number of rotatable bonds is 7. The molecule has 14 heteroatoms. The monoisotopic (exact) mass is 580 g/mol. The number of imidazole rings is 1. The number of hydrogen-bond acceptors (Lipinski definition) is 10. The van der Waals surface area contributed by atoms with Crippen LogP contribution in [0.4, 0.5) is 5.69 Å². The number of ether oxygens (including phenoxy) is 2. The predicted molar refractivity (Wildman–Crippen MR) is 128 cm³/mol. The number of amides is 1. The third kappa shape index (κ3) is 4.02. The minimum atomic E-state index is -1.31. The van der Waals surface area contributed by atoms with Gasteiger partial charge in [0.15, 0.2) is 15.6 Å². The lowest BCUT2D eigenvalue weighted by Crippen LogP contribution is -2.70. The van der Waals surface area contributed by atoms with Crippen LogP contribution < -0.4 is 0 Å². The van der Waals surface area contributed by atoms with Crippen molar-refractivity contribution in [1.29, 1.82) is 0 Å². The molecular formula is C21H17BrN4O7S2. The van der Waals surface area contributed by atoms with Crippen molar-refractivity contribution in [1.82, 2.24) is 14.5 Å². The van der Waals surface area contributed by atoms with Crippen LogP contribution in [0.3, 0.4) is 0 Å². The molecule has 1 saturated heterocycles. The maximum Gasteiger partial charge on any atom is 0.355 e. The second-order valence-electron chi connectivity index (χ2n) is 7.91. The van der Waals surface area contributed by atoms with Crippen LogP contribution in [0.25, 0.3) is 0 Å². The zero-order valence-corrected chi connectivity index (χ0v) is 21.3. The van der Waals surface area contributed by atoms with Gasteiger partial charge in [-0.2, -0.15) is 0 Å². The molecule has 0 unspecified atom stereocenters. The first-order chi connectivity index (χ1) is 16.7. The van der Waals surface area contributed by atoms with Crippen LogP contribution in [0.5, 0.6) is 0 Å². The van der Waals surface area contributed by atoms with Crippen LogP contribution >= 0.6 is 39.5 Å². The molecule has 3 atom stereocenters. The first-order valence-electron chi connectivity index (χ1n) is 10.4. The number of nitrogens with zero attached hydrogens (tertiary/aromatic N) is 4. The van der Waals surface area contributed by atoms with Gasteiger partial charge in [-0.1, -0.05) is 27.7 Å². The van der Waals surface area contributed by atoms with Crippen LogP contribution in [0, 0.1) is 10.1 Å². The van der Waals surface area contributed by atoms with Crippen molar-refractivity contribution in [2.75, 3.05) is 5.75 Å². The highest BCUT2D eigenvalue weighted by Gasteiger charge is 2.69. The summed E-state index contributed by atoms with van der Waals surface area (Å²) in [5.41, 5.74) is 1.03. The molecule has 0 aliphatic carbocycles. The molecule has 0 saturated carbocycles. The fraction of sp³-hybridized carbons (Fsp3) is 0.333. The number of carbonyl (C=O) groups excluding carboxylic acids is 3. The number of hydrogen-bond donors (Lipinski definition) is 0. The Labute approximate surface area is 215 Å². The second-order valence-corrected chi connectivity index (χ2v) is 11.2. The molecule has 0 N–H and O–H groups in total. The average molecular weight is 581 g/mol. The highest BCUT2D eigenvalue weighted by Crippen LogP contribution is 2.58. The Bertz CT molecular complexity index is 1260. The van der Waals surface area contributed by atoms with E-state index >= 15 is 0 Å². The van der Waals surface area contributed by atoms with Gasteiger partial charge in [0.1, 0.15) is 23.4 Å². The molecule has 3 aliphatic rings. The largest absolute Gasteiger partial charge is 0.456 e. The third-order valence-electron chi connectivity index (χ3n) is 5.69. The topological polar surface area (TPSA) is 134 Å². The summed E-state index contributed by atoms with van der Waals surface area (Å²) in [4.78, 5) is 54.1. The first-order valence-corrected chi connectivity index (χ1v) is 13.1. The summed E-state index contributed by atoms with van der Waals surface area (Å²) in [7, 11) is 0. The molecule has 1 fully saturated rings. The number of nitro benzene ring substituents is 1. The number of benzene rings is 1. The van der Waals surface area contributed by atoms with Gasteiger partial charge in [0, 0.05) is 43.0 Å². The summed E-state index contributed by atoms with van der Waals surface area (Å²) in [6.45, 7) is 1.93. The van der Waals surface area contributed by atoms with E-state index in [-0.39, 0.29) is 18.0 Å². The Morgan fingerprint density at radius 3 is 2.77 bits per heavy atom. The summed E-state index contributed by atoms with van der Waals surface area (Å²) < 4.78 is 11.5. The van der Waals surface area contributed by atoms with Gasteiger partial charge in [0.25, 0.3) is 11.6 Å². The SMILES string of the molecule is CC(=O)O[C@H](c1cn2c(n1)SCC2)[C@]1(Br)C(=O)N2C(C(=O)OCc3ccc([N+](=O)[O-])cc3)=CS[C@@H]21. The molecule has 11 nitrogen and oxygen atoms in total. The van der Waals surface area contributed by atoms with Crippen molar-refractivity contribution in [2.45, 2.75) is 41.0 Å². The van der Waals surface area contributed by atoms with Crippen molar-refractivity contribution in [3.05, 3.63) is 62.9 Å². The molecule has 1 aromatic heterocycles. The lowest BCUT2D eigenvalue weighted by atomic mass is 9.89. The van der Waals surface area contributed by atoms with Gasteiger partial charge in [-0.25, -0.2) is 9.78 Å². The quantitative estimate of drug-likeness (QED) is 0.158. The lowest BCUT2D eigenvalue weighted by molar-refractivity contribution is -0.384. The molecule has 1 amide bonds. The number of nitro groups is 1. The molecular weight excluding hydrogens is 564 g/mol. The predicted octanol–water partition coefficient (Wildman–Crippen LogP) is 3.13. The summed E-state index contributed by atoms with van der Waals surface area (Å²) >= 11 is 6.35. The van der Waals surface area contributed by atoms with Crippen LogP contribution in [0.2, 0.25) is 0 Å². The fourth-order valence-corrected chi connectivity index (χ4v) is 7.23. The maximum atomic E-state index is 13.3.